The highest BCUT2D eigenvalue weighted by molar-refractivity contribution is 9.09. The zero-order chi connectivity index (χ0) is 20.7. The van der Waals surface area contributed by atoms with E-state index in [0.29, 0.717) is 47.6 Å². The summed E-state index contributed by atoms with van der Waals surface area (Å²) in [4.78, 5) is 24.1. The van der Waals surface area contributed by atoms with Crippen molar-refractivity contribution < 1.29 is 14.3 Å². The Hall–Kier alpha value is -2.76. The number of nitrogens with zero attached hydrogens (tertiary/aromatic N) is 6. The maximum Gasteiger partial charge on any atom is 0.327 e. The van der Waals surface area contributed by atoms with E-state index in [4.69, 9.17) is 21.1 Å². The minimum Gasteiger partial charge on any atom is -0.479 e. The van der Waals surface area contributed by atoms with Gasteiger partial charge in [-0.3, -0.25) is 9.88 Å². The number of carbonyl (C=O) groups excluding carboxylic acids is 1. The van der Waals surface area contributed by atoms with Crippen molar-refractivity contribution in [1.29, 1.82) is 0 Å². The van der Waals surface area contributed by atoms with Gasteiger partial charge in [0.1, 0.15) is 16.4 Å². The Kier molecular flexibility index (Phi) is 4.80. The van der Waals surface area contributed by atoms with Crippen molar-refractivity contribution in [3.05, 3.63) is 48.1 Å². The first-order valence-corrected chi connectivity index (χ1v) is 10.3. The average Bonchev–Trinajstić information content (AvgIpc) is 3.42. The summed E-state index contributed by atoms with van der Waals surface area (Å²) >= 11 is 9.96. The van der Waals surface area contributed by atoms with Crippen LogP contribution in [0.2, 0.25) is 5.02 Å². The Labute approximate surface area is 184 Å². The first-order valence-electron chi connectivity index (χ1n) is 9.05. The molecule has 154 valence electrons. The first-order chi connectivity index (χ1) is 14.6. The second-order valence-corrected chi connectivity index (χ2v) is 8.07. The van der Waals surface area contributed by atoms with Crippen molar-refractivity contribution >= 4 is 44.9 Å². The molecule has 0 bridgehead atoms. The van der Waals surface area contributed by atoms with Crippen LogP contribution < -0.4 is 15.0 Å². The molecule has 5 heterocycles. The molecule has 0 radical (unpaired) electrons. The number of rotatable bonds is 2. The maximum atomic E-state index is 13.3. The average molecular weight is 493 g/mol. The molecule has 3 aromatic rings. The summed E-state index contributed by atoms with van der Waals surface area (Å²) in [5, 5.41) is 11.2. The second kappa shape index (κ2) is 7.49. The lowest BCUT2D eigenvalue weighted by atomic mass is 10.00. The van der Waals surface area contributed by atoms with Crippen LogP contribution in [0.4, 0.5) is 16.2 Å². The molecule has 0 aromatic carbocycles. The highest BCUT2D eigenvalue weighted by atomic mass is 79.9. The zero-order valence-corrected chi connectivity index (χ0v) is 17.7. The van der Waals surface area contributed by atoms with Crippen molar-refractivity contribution in [3.63, 3.8) is 0 Å². The minimum atomic E-state index is -0.683. The van der Waals surface area contributed by atoms with Gasteiger partial charge in [-0.2, -0.15) is 10.2 Å². The lowest BCUT2D eigenvalue weighted by Gasteiger charge is -2.44. The number of fused-ring (bicyclic) bond motifs is 1. The van der Waals surface area contributed by atoms with E-state index in [9.17, 15) is 4.79 Å². The van der Waals surface area contributed by atoms with Crippen LogP contribution in [-0.2, 0) is 4.74 Å². The molecule has 1 spiro atoms. The van der Waals surface area contributed by atoms with Crippen LogP contribution in [0.15, 0.2) is 43.1 Å². The number of nitrogens with one attached hydrogen (secondary N) is 1. The molecule has 12 heteroatoms. The van der Waals surface area contributed by atoms with Gasteiger partial charge in [-0.15, -0.1) is 4.80 Å². The Morgan fingerprint density at radius 3 is 2.87 bits per heavy atom. The van der Waals surface area contributed by atoms with Gasteiger partial charge in [0.2, 0.25) is 0 Å². The summed E-state index contributed by atoms with van der Waals surface area (Å²) in [6, 6.07) is 2.94. The number of pyridine rings is 2. The van der Waals surface area contributed by atoms with Crippen molar-refractivity contribution in [2.75, 3.05) is 23.4 Å². The summed E-state index contributed by atoms with van der Waals surface area (Å²) in [5.41, 5.74) is 0.289. The van der Waals surface area contributed by atoms with Crippen LogP contribution >= 0.6 is 27.5 Å². The zero-order valence-electron chi connectivity index (χ0n) is 15.4. The van der Waals surface area contributed by atoms with E-state index in [-0.39, 0.29) is 6.03 Å². The van der Waals surface area contributed by atoms with Gasteiger partial charge in [0.25, 0.3) is 0 Å². The SMILES string of the molecule is O=C(Nc1cnc(-n2nccn2)c(Cl)c1)N1c2cnccc2OC2(CCOC2)C1Br. The van der Waals surface area contributed by atoms with Gasteiger partial charge in [0, 0.05) is 18.7 Å². The quantitative estimate of drug-likeness (QED) is 0.433. The monoisotopic (exact) mass is 491 g/mol. The number of amides is 2. The normalized spacial score (nSPS) is 22.6. The smallest absolute Gasteiger partial charge is 0.327 e. The van der Waals surface area contributed by atoms with E-state index in [1.807, 2.05) is 0 Å². The lowest BCUT2D eigenvalue weighted by molar-refractivity contribution is 0.0429. The van der Waals surface area contributed by atoms with Crippen molar-refractivity contribution in [2.45, 2.75) is 17.0 Å². The molecule has 2 aliphatic rings. The van der Waals surface area contributed by atoms with Crippen LogP contribution in [0, 0.1) is 0 Å². The molecule has 10 nitrogen and oxygen atoms in total. The minimum absolute atomic E-state index is 0.295. The Bertz CT molecular complexity index is 1090. The van der Waals surface area contributed by atoms with Gasteiger partial charge in [-0.1, -0.05) is 27.5 Å². The van der Waals surface area contributed by atoms with E-state index in [1.54, 1.807) is 29.4 Å². The van der Waals surface area contributed by atoms with Crippen molar-refractivity contribution in [3.8, 4) is 11.6 Å². The molecule has 2 amide bonds. The fourth-order valence-electron chi connectivity index (χ4n) is 3.46. The molecule has 2 atom stereocenters. The van der Waals surface area contributed by atoms with Crippen molar-refractivity contribution in [1.82, 2.24) is 25.0 Å². The lowest BCUT2D eigenvalue weighted by Crippen LogP contribution is -2.59. The maximum absolute atomic E-state index is 13.3. The Balaban J connectivity index is 1.44. The third kappa shape index (κ3) is 3.18. The summed E-state index contributed by atoms with van der Waals surface area (Å²) < 4.78 is 11.8. The van der Waals surface area contributed by atoms with Gasteiger partial charge in [0.15, 0.2) is 11.4 Å². The van der Waals surface area contributed by atoms with Crippen LogP contribution in [-0.4, -0.2) is 54.8 Å². The molecular formula is C18H15BrClN7O3. The number of urea groups is 1. The van der Waals surface area contributed by atoms with E-state index in [2.05, 4.69) is 41.4 Å². The summed E-state index contributed by atoms with van der Waals surface area (Å²) in [6.07, 6.45) is 8.40. The predicted molar refractivity (Wildman–Crippen MR) is 111 cm³/mol. The third-order valence-corrected chi connectivity index (χ3v) is 6.43. The molecule has 2 aliphatic heterocycles. The van der Waals surface area contributed by atoms with E-state index in [1.165, 1.54) is 23.4 Å². The number of halogens is 2. The highest BCUT2D eigenvalue weighted by Gasteiger charge is 2.52. The number of alkyl halides is 1. The fraction of sp³-hybridized carbons (Fsp3) is 0.278. The molecule has 0 aliphatic carbocycles. The largest absolute Gasteiger partial charge is 0.479 e. The molecule has 3 aromatic heterocycles. The number of aromatic nitrogens is 5. The van der Waals surface area contributed by atoms with Crippen LogP contribution in [0.1, 0.15) is 6.42 Å². The molecule has 1 fully saturated rings. The van der Waals surface area contributed by atoms with Gasteiger partial charge in [-0.05, 0) is 6.07 Å². The van der Waals surface area contributed by atoms with Crippen LogP contribution in [0.25, 0.3) is 5.82 Å². The van der Waals surface area contributed by atoms with Crippen molar-refractivity contribution in [2.24, 2.45) is 0 Å². The van der Waals surface area contributed by atoms with Gasteiger partial charge < -0.3 is 14.8 Å². The molecule has 1 saturated heterocycles. The third-order valence-electron chi connectivity index (χ3n) is 4.91. The predicted octanol–water partition coefficient (Wildman–Crippen LogP) is 3.02. The van der Waals surface area contributed by atoms with E-state index < -0.39 is 10.6 Å². The Morgan fingerprint density at radius 1 is 1.30 bits per heavy atom. The topological polar surface area (TPSA) is 107 Å². The molecule has 5 rings (SSSR count). The number of hydrogen-bond donors (Lipinski definition) is 1. The molecule has 30 heavy (non-hydrogen) atoms. The highest BCUT2D eigenvalue weighted by Crippen LogP contribution is 2.45. The van der Waals surface area contributed by atoms with Crippen LogP contribution in [0.3, 0.4) is 0 Å². The summed E-state index contributed by atoms with van der Waals surface area (Å²) in [6.45, 7) is 0.924. The Morgan fingerprint density at radius 2 is 2.13 bits per heavy atom. The number of hydrogen-bond acceptors (Lipinski definition) is 7. The molecule has 2 unspecified atom stereocenters. The van der Waals surface area contributed by atoms with Gasteiger partial charge in [0.05, 0.1) is 48.7 Å². The summed E-state index contributed by atoms with van der Waals surface area (Å²) in [5.74, 6) is 0.929. The van der Waals surface area contributed by atoms with E-state index in [0.717, 1.165) is 0 Å². The number of ether oxygens (including phenoxy) is 2. The molecule has 0 saturated carbocycles. The van der Waals surface area contributed by atoms with Gasteiger partial charge >= 0.3 is 6.03 Å². The second-order valence-electron chi connectivity index (χ2n) is 6.80. The van der Waals surface area contributed by atoms with Crippen LogP contribution in [0.5, 0.6) is 5.75 Å². The number of carbonyl (C=O) groups is 1. The number of anilines is 2. The van der Waals surface area contributed by atoms with E-state index >= 15 is 0 Å². The summed E-state index contributed by atoms with van der Waals surface area (Å²) in [7, 11) is 0. The molecule has 1 N–H and O–H groups in total. The first kappa shape index (κ1) is 19.2. The molecular weight excluding hydrogens is 478 g/mol. The fourth-order valence-corrected chi connectivity index (χ4v) is 4.57. The standard InChI is InChI=1S/C18H15BrClN7O3/c19-16-18(2-6-29-10-18)30-14-1-3-21-9-13(14)26(16)17(28)25-11-7-12(20)15(22-8-11)27-23-4-5-24-27/h1,3-5,7-9,16H,2,6,10H2,(H,25,28). The van der Waals surface area contributed by atoms with Gasteiger partial charge in [-0.25, -0.2) is 9.78 Å².